The van der Waals surface area contributed by atoms with Gasteiger partial charge in [0.15, 0.2) is 0 Å². The van der Waals surface area contributed by atoms with Crippen LogP contribution in [0.3, 0.4) is 0 Å². The lowest BCUT2D eigenvalue weighted by atomic mass is 10.1. The van der Waals surface area contributed by atoms with Gasteiger partial charge in [-0.25, -0.2) is 4.98 Å². The van der Waals surface area contributed by atoms with Gasteiger partial charge in [-0.1, -0.05) is 6.07 Å². The van der Waals surface area contributed by atoms with Crippen LogP contribution in [0.2, 0.25) is 0 Å². The fourth-order valence-electron chi connectivity index (χ4n) is 3.10. The first-order chi connectivity index (χ1) is 10.7. The highest BCUT2D eigenvalue weighted by Gasteiger charge is 2.22. The molecule has 6 heteroatoms. The van der Waals surface area contributed by atoms with Crippen molar-refractivity contribution in [1.82, 2.24) is 24.6 Å². The number of rotatable bonds is 4. The Labute approximate surface area is 131 Å². The van der Waals surface area contributed by atoms with Gasteiger partial charge in [-0.2, -0.15) is 0 Å². The van der Waals surface area contributed by atoms with Crippen LogP contribution in [0.15, 0.2) is 18.2 Å². The second-order valence-corrected chi connectivity index (χ2v) is 5.88. The Hall–Kier alpha value is -1.95. The van der Waals surface area contributed by atoms with Crippen LogP contribution in [0.25, 0.3) is 0 Å². The molecular weight excluding hydrogens is 278 g/mol. The highest BCUT2D eigenvalue weighted by atomic mass is 16.5. The Morgan fingerprint density at radius 1 is 1.32 bits per heavy atom. The minimum absolute atomic E-state index is 0.536. The zero-order valence-electron chi connectivity index (χ0n) is 13.5. The number of methoxy groups -OCH3 is 1. The lowest BCUT2D eigenvalue weighted by Gasteiger charge is -2.26. The first-order valence-corrected chi connectivity index (χ1v) is 7.76. The average molecular weight is 301 g/mol. The zero-order chi connectivity index (χ0) is 15.5. The summed E-state index contributed by atoms with van der Waals surface area (Å²) in [5, 5.41) is 8.45. The molecule has 1 unspecified atom stereocenters. The molecule has 0 amide bonds. The van der Waals surface area contributed by atoms with Crippen molar-refractivity contribution in [2.75, 3.05) is 14.2 Å². The molecule has 0 fully saturated rings. The van der Waals surface area contributed by atoms with Crippen LogP contribution in [0.1, 0.15) is 30.2 Å². The number of ether oxygens (including phenoxy) is 1. The molecule has 0 saturated heterocycles. The van der Waals surface area contributed by atoms with E-state index >= 15 is 0 Å². The summed E-state index contributed by atoms with van der Waals surface area (Å²) in [6.45, 7) is 3.86. The van der Waals surface area contributed by atoms with Crippen molar-refractivity contribution in [3.05, 3.63) is 35.5 Å². The first-order valence-electron chi connectivity index (χ1n) is 7.76. The maximum atomic E-state index is 5.20. The predicted molar refractivity (Wildman–Crippen MR) is 83.7 cm³/mol. The van der Waals surface area contributed by atoms with Crippen LogP contribution >= 0.6 is 0 Å². The number of hydrogen-bond donors (Lipinski definition) is 0. The quantitative estimate of drug-likeness (QED) is 0.862. The average Bonchev–Trinajstić information content (AvgIpc) is 2.75. The van der Waals surface area contributed by atoms with E-state index in [0.29, 0.717) is 11.9 Å². The van der Waals surface area contributed by atoms with Crippen molar-refractivity contribution < 1.29 is 4.74 Å². The van der Waals surface area contributed by atoms with E-state index in [9.17, 15) is 0 Å². The van der Waals surface area contributed by atoms with Crippen molar-refractivity contribution in [2.45, 2.75) is 45.3 Å². The molecule has 3 heterocycles. The summed E-state index contributed by atoms with van der Waals surface area (Å²) in [4.78, 5) is 6.89. The van der Waals surface area contributed by atoms with E-state index in [1.807, 2.05) is 19.1 Å². The molecule has 1 aliphatic heterocycles. The number of fused-ring (bicyclic) bond motifs is 1. The topological polar surface area (TPSA) is 56.1 Å². The Bertz CT molecular complexity index is 639. The molecular formula is C16H23N5O. The first kappa shape index (κ1) is 15.0. The lowest BCUT2D eigenvalue weighted by molar-refractivity contribution is 0.207. The summed E-state index contributed by atoms with van der Waals surface area (Å²) < 4.78 is 7.45. The molecule has 0 radical (unpaired) electrons. The molecule has 0 aliphatic carbocycles. The van der Waals surface area contributed by atoms with Crippen molar-refractivity contribution in [3.8, 4) is 5.88 Å². The van der Waals surface area contributed by atoms with Crippen LogP contribution in [0.5, 0.6) is 5.88 Å². The van der Waals surface area contributed by atoms with Crippen LogP contribution in [0, 0.1) is 6.92 Å². The van der Waals surface area contributed by atoms with Gasteiger partial charge in [-0.3, -0.25) is 4.90 Å². The van der Waals surface area contributed by atoms with E-state index in [0.717, 1.165) is 49.7 Å². The minimum Gasteiger partial charge on any atom is -0.481 e. The van der Waals surface area contributed by atoms with Crippen LogP contribution in [0.4, 0.5) is 0 Å². The van der Waals surface area contributed by atoms with Gasteiger partial charge in [0.2, 0.25) is 5.88 Å². The molecule has 0 aromatic carbocycles. The Kier molecular flexibility index (Phi) is 4.38. The third-order valence-electron chi connectivity index (χ3n) is 4.42. The van der Waals surface area contributed by atoms with Gasteiger partial charge < -0.3 is 9.30 Å². The summed E-state index contributed by atoms with van der Waals surface area (Å²) in [6.07, 6.45) is 3.21. The predicted octanol–water partition coefficient (Wildman–Crippen LogP) is 1.83. The number of nitrogens with zero attached hydrogens (tertiary/aromatic N) is 5. The molecule has 2 aromatic heterocycles. The van der Waals surface area contributed by atoms with Crippen molar-refractivity contribution >= 4 is 0 Å². The maximum Gasteiger partial charge on any atom is 0.213 e. The van der Waals surface area contributed by atoms with Gasteiger partial charge >= 0.3 is 0 Å². The maximum absolute atomic E-state index is 5.20. The summed E-state index contributed by atoms with van der Waals surface area (Å²) in [5.74, 6) is 2.81. The Balaban J connectivity index is 1.64. The molecule has 118 valence electrons. The monoisotopic (exact) mass is 301 g/mol. The van der Waals surface area contributed by atoms with Crippen LogP contribution < -0.4 is 4.74 Å². The summed E-state index contributed by atoms with van der Waals surface area (Å²) >= 11 is 0. The van der Waals surface area contributed by atoms with E-state index < -0.39 is 0 Å². The molecule has 0 N–H and O–H groups in total. The van der Waals surface area contributed by atoms with Crippen molar-refractivity contribution in [3.63, 3.8) is 0 Å². The molecule has 0 bridgehead atoms. The SMILES string of the molecule is COc1cccc(CN(C)C2CCc3nnc(C)n3CC2)n1. The zero-order valence-corrected chi connectivity index (χ0v) is 13.5. The Morgan fingerprint density at radius 3 is 3.00 bits per heavy atom. The Morgan fingerprint density at radius 2 is 2.18 bits per heavy atom. The van der Waals surface area contributed by atoms with Crippen LogP contribution in [-0.2, 0) is 19.5 Å². The summed E-state index contributed by atoms with van der Waals surface area (Å²) in [7, 11) is 3.82. The largest absolute Gasteiger partial charge is 0.481 e. The number of aromatic nitrogens is 4. The van der Waals surface area contributed by atoms with Crippen LogP contribution in [-0.4, -0.2) is 44.8 Å². The van der Waals surface area contributed by atoms with E-state index in [1.54, 1.807) is 7.11 Å². The molecule has 0 spiro atoms. The highest BCUT2D eigenvalue weighted by Crippen LogP contribution is 2.20. The van der Waals surface area contributed by atoms with Gasteiger partial charge in [0.1, 0.15) is 11.6 Å². The number of aryl methyl sites for hydroxylation is 2. The molecule has 3 rings (SSSR count). The van der Waals surface area contributed by atoms with E-state index in [-0.39, 0.29) is 0 Å². The number of hydrogen-bond acceptors (Lipinski definition) is 5. The normalized spacial score (nSPS) is 18.1. The van der Waals surface area contributed by atoms with E-state index in [4.69, 9.17) is 4.74 Å². The standard InChI is InChI=1S/C16H23N5O/c1-12-18-19-15-8-7-14(9-10-21(12)15)20(2)11-13-5-4-6-16(17-13)22-3/h4-6,14H,7-11H2,1-3H3. The summed E-state index contributed by atoms with van der Waals surface area (Å²) in [5.41, 5.74) is 1.04. The molecule has 22 heavy (non-hydrogen) atoms. The number of pyridine rings is 1. The second-order valence-electron chi connectivity index (χ2n) is 5.88. The molecule has 2 aromatic rings. The molecule has 0 saturated carbocycles. The van der Waals surface area contributed by atoms with E-state index in [1.165, 1.54) is 0 Å². The van der Waals surface area contributed by atoms with Gasteiger partial charge in [-0.15, -0.1) is 10.2 Å². The van der Waals surface area contributed by atoms with Gasteiger partial charge in [0.25, 0.3) is 0 Å². The smallest absolute Gasteiger partial charge is 0.213 e. The fourth-order valence-corrected chi connectivity index (χ4v) is 3.10. The lowest BCUT2D eigenvalue weighted by Crippen LogP contribution is -2.32. The third kappa shape index (κ3) is 3.11. The third-order valence-corrected chi connectivity index (χ3v) is 4.42. The molecule has 6 nitrogen and oxygen atoms in total. The van der Waals surface area contributed by atoms with Crippen molar-refractivity contribution in [2.24, 2.45) is 0 Å². The molecule has 1 atom stereocenters. The van der Waals surface area contributed by atoms with Gasteiger partial charge in [0.05, 0.1) is 12.8 Å². The van der Waals surface area contributed by atoms with E-state index in [2.05, 4.69) is 37.8 Å². The van der Waals surface area contributed by atoms with Gasteiger partial charge in [-0.05, 0) is 32.9 Å². The minimum atomic E-state index is 0.536. The summed E-state index contributed by atoms with van der Waals surface area (Å²) in [6, 6.07) is 6.46. The fraction of sp³-hybridized carbons (Fsp3) is 0.562. The second kappa shape index (κ2) is 6.44. The molecule has 1 aliphatic rings. The highest BCUT2D eigenvalue weighted by molar-refractivity contribution is 5.15. The van der Waals surface area contributed by atoms with Crippen molar-refractivity contribution in [1.29, 1.82) is 0 Å². The van der Waals surface area contributed by atoms with Gasteiger partial charge in [0, 0.05) is 31.6 Å².